The quantitative estimate of drug-likeness (QED) is 0.409. The summed E-state index contributed by atoms with van der Waals surface area (Å²) in [5.41, 5.74) is 5.37. The lowest BCUT2D eigenvalue weighted by atomic mass is 9.98. The average molecular weight is 488 g/mol. The van der Waals surface area contributed by atoms with Crippen molar-refractivity contribution in [2.24, 2.45) is 7.05 Å². The topological polar surface area (TPSA) is 63.1 Å². The van der Waals surface area contributed by atoms with E-state index in [2.05, 4.69) is 30.4 Å². The second-order valence-electron chi connectivity index (χ2n) is 8.41. The zero-order valence-electron chi connectivity index (χ0n) is 20.7. The zero-order valence-corrected chi connectivity index (χ0v) is 21.6. The van der Waals surface area contributed by atoms with Crippen molar-refractivity contribution < 1.29 is 4.79 Å². The van der Waals surface area contributed by atoms with Crippen molar-refractivity contribution in [1.29, 1.82) is 0 Å². The summed E-state index contributed by atoms with van der Waals surface area (Å²) in [6.07, 6.45) is 14.9. The van der Waals surface area contributed by atoms with Crippen molar-refractivity contribution in [1.82, 2.24) is 9.88 Å². The standard InChI is InChI=1S/C29H33N3O2S/c1-7-13-22(8-2)30-25-16-21(18-32(6)29(25)34)23(9-3)19(5)24(10-4)31-28(33)27-17-20-14-11-12-15-26(20)35-27/h7-10,13,16-18,30H,1-3,11-12,14-15H2,4-6H3,(H,31,33)/b22-13+,23-19+,24-10+. The van der Waals surface area contributed by atoms with Crippen molar-refractivity contribution >= 4 is 28.5 Å². The van der Waals surface area contributed by atoms with E-state index >= 15 is 0 Å². The summed E-state index contributed by atoms with van der Waals surface area (Å²) in [5.74, 6) is -0.103. The molecule has 35 heavy (non-hydrogen) atoms. The molecule has 2 N–H and O–H groups in total. The van der Waals surface area contributed by atoms with E-state index in [1.807, 2.05) is 26.0 Å². The monoisotopic (exact) mass is 487 g/mol. The van der Waals surface area contributed by atoms with Gasteiger partial charge in [0.2, 0.25) is 0 Å². The number of carbonyl (C=O) groups excluding carboxylic acids is 1. The van der Waals surface area contributed by atoms with Crippen molar-refractivity contribution in [3.63, 3.8) is 0 Å². The molecule has 1 aliphatic carbocycles. The Morgan fingerprint density at radius 1 is 1.14 bits per heavy atom. The van der Waals surface area contributed by atoms with Gasteiger partial charge < -0.3 is 15.2 Å². The molecule has 6 heteroatoms. The zero-order chi connectivity index (χ0) is 25.5. The van der Waals surface area contributed by atoms with Crippen LogP contribution in [0.4, 0.5) is 5.69 Å². The second-order valence-corrected chi connectivity index (χ2v) is 9.55. The van der Waals surface area contributed by atoms with Crippen molar-refractivity contribution in [2.45, 2.75) is 39.5 Å². The van der Waals surface area contributed by atoms with Gasteiger partial charge in [0.25, 0.3) is 11.5 Å². The number of aryl methyl sites for hydroxylation is 3. The summed E-state index contributed by atoms with van der Waals surface area (Å²) in [4.78, 5) is 27.9. The number of allylic oxidation sites excluding steroid dienone is 7. The Morgan fingerprint density at radius 2 is 1.89 bits per heavy atom. The fourth-order valence-corrected chi connectivity index (χ4v) is 5.34. The van der Waals surface area contributed by atoms with Gasteiger partial charge in [-0.15, -0.1) is 11.3 Å². The summed E-state index contributed by atoms with van der Waals surface area (Å²) in [6.45, 7) is 15.3. The molecule has 0 bridgehead atoms. The molecule has 0 spiro atoms. The number of nitrogens with one attached hydrogen (secondary N) is 2. The van der Waals surface area contributed by atoms with E-state index in [1.54, 1.807) is 55.0 Å². The smallest absolute Gasteiger partial charge is 0.274 e. The highest BCUT2D eigenvalue weighted by molar-refractivity contribution is 7.14. The minimum atomic E-state index is -0.173. The molecule has 0 aromatic carbocycles. The number of fused-ring (bicyclic) bond motifs is 1. The second kappa shape index (κ2) is 11.7. The van der Waals surface area contributed by atoms with Gasteiger partial charge in [-0.2, -0.15) is 0 Å². The third kappa shape index (κ3) is 5.89. The predicted octanol–water partition coefficient (Wildman–Crippen LogP) is 6.29. The molecule has 1 amide bonds. The minimum Gasteiger partial charge on any atom is -0.351 e. The van der Waals surface area contributed by atoms with Gasteiger partial charge in [-0.1, -0.05) is 38.0 Å². The van der Waals surface area contributed by atoms with Gasteiger partial charge in [0.05, 0.1) is 4.88 Å². The van der Waals surface area contributed by atoms with Crippen LogP contribution < -0.4 is 16.2 Å². The molecule has 0 saturated carbocycles. The third-order valence-electron chi connectivity index (χ3n) is 6.06. The van der Waals surface area contributed by atoms with Crippen LogP contribution in [0.25, 0.3) is 5.57 Å². The van der Waals surface area contributed by atoms with E-state index in [-0.39, 0.29) is 11.5 Å². The maximum absolute atomic E-state index is 13.1. The van der Waals surface area contributed by atoms with Gasteiger partial charge in [0.15, 0.2) is 0 Å². The maximum atomic E-state index is 13.1. The lowest BCUT2D eigenvalue weighted by molar-refractivity contribution is 0.0970. The largest absolute Gasteiger partial charge is 0.351 e. The number of amides is 1. The number of hydrogen-bond donors (Lipinski definition) is 2. The fourth-order valence-electron chi connectivity index (χ4n) is 4.19. The van der Waals surface area contributed by atoms with Crippen LogP contribution in [-0.4, -0.2) is 10.5 Å². The van der Waals surface area contributed by atoms with Gasteiger partial charge in [0, 0.05) is 35.1 Å². The van der Waals surface area contributed by atoms with Crippen LogP contribution >= 0.6 is 11.3 Å². The van der Waals surface area contributed by atoms with Crippen molar-refractivity contribution in [2.75, 3.05) is 5.32 Å². The van der Waals surface area contributed by atoms with E-state index in [1.165, 1.54) is 27.8 Å². The molecule has 3 rings (SSSR count). The number of rotatable bonds is 9. The molecular formula is C29H33N3O2S. The highest BCUT2D eigenvalue weighted by atomic mass is 32.1. The average Bonchev–Trinajstić information content (AvgIpc) is 3.29. The van der Waals surface area contributed by atoms with Crippen molar-refractivity contribution in [3.05, 3.63) is 117 Å². The molecule has 182 valence electrons. The first-order chi connectivity index (χ1) is 16.8. The molecule has 0 fully saturated rings. The Bertz CT molecular complexity index is 1290. The highest BCUT2D eigenvalue weighted by Crippen LogP contribution is 2.30. The van der Waals surface area contributed by atoms with Crippen LogP contribution in [-0.2, 0) is 19.9 Å². The van der Waals surface area contributed by atoms with E-state index in [0.29, 0.717) is 17.1 Å². The van der Waals surface area contributed by atoms with Crippen LogP contribution in [0.1, 0.15) is 52.4 Å². The number of pyridine rings is 1. The van der Waals surface area contributed by atoms with Crippen LogP contribution in [0.15, 0.2) is 90.2 Å². The summed E-state index contributed by atoms with van der Waals surface area (Å²) in [7, 11) is 1.70. The number of anilines is 1. The molecule has 0 aliphatic heterocycles. The molecule has 1 aliphatic rings. The van der Waals surface area contributed by atoms with Gasteiger partial charge >= 0.3 is 0 Å². The van der Waals surface area contributed by atoms with Crippen LogP contribution in [0.3, 0.4) is 0 Å². The summed E-state index contributed by atoms with van der Waals surface area (Å²) >= 11 is 1.59. The molecule has 2 aromatic heterocycles. The Morgan fingerprint density at radius 3 is 2.51 bits per heavy atom. The van der Waals surface area contributed by atoms with E-state index in [4.69, 9.17) is 0 Å². The summed E-state index contributed by atoms with van der Waals surface area (Å²) in [5, 5.41) is 6.20. The van der Waals surface area contributed by atoms with E-state index in [0.717, 1.165) is 34.4 Å². The molecule has 2 aromatic rings. The molecule has 2 heterocycles. The first-order valence-corrected chi connectivity index (χ1v) is 12.5. The first kappa shape index (κ1) is 26.0. The third-order valence-corrected chi connectivity index (χ3v) is 7.30. The number of carbonyl (C=O) groups is 1. The predicted molar refractivity (Wildman–Crippen MR) is 149 cm³/mol. The lowest BCUT2D eigenvalue weighted by Gasteiger charge is -2.16. The minimum absolute atomic E-state index is 0.103. The first-order valence-electron chi connectivity index (χ1n) is 11.7. The van der Waals surface area contributed by atoms with Gasteiger partial charge in [0.1, 0.15) is 5.69 Å². The molecule has 0 saturated heterocycles. The normalized spacial score (nSPS) is 14.5. The molecular weight excluding hydrogens is 454 g/mol. The van der Waals surface area contributed by atoms with Gasteiger partial charge in [-0.05, 0) is 80.5 Å². The number of aromatic nitrogens is 1. The maximum Gasteiger partial charge on any atom is 0.274 e. The lowest BCUT2D eigenvalue weighted by Crippen LogP contribution is -2.23. The Hall–Kier alpha value is -3.64. The Balaban J connectivity index is 1.95. The molecule has 0 unspecified atom stereocenters. The van der Waals surface area contributed by atoms with Crippen LogP contribution in [0.2, 0.25) is 0 Å². The fraction of sp³-hybridized carbons (Fsp3) is 0.241. The summed E-state index contributed by atoms with van der Waals surface area (Å²) in [6, 6.07) is 3.82. The number of hydrogen-bond acceptors (Lipinski definition) is 4. The summed E-state index contributed by atoms with van der Waals surface area (Å²) < 4.78 is 1.52. The van der Waals surface area contributed by atoms with E-state index in [9.17, 15) is 9.59 Å². The number of nitrogens with zero attached hydrogens (tertiary/aromatic N) is 1. The van der Waals surface area contributed by atoms with Gasteiger partial charge in [-0.25, -0.2) is 0 Å². The SMILES string of the molecule is C=C/C=C(\C=C)Nc1cc(/C(C=C)=C(C)/C(=C\C)NC(=O)c2cc3c(s2)CCCC3)cn(C)c1=O. The molecule has 5 nitrogen and oxygen atoms in total. The molecule has 0 atom stereocenters. The van der Waals surface area contributed by atoms with Crippen LogP contribution in [0, 0.1) is 0 Å². The van der Waals surface area contributed by atoms with Gasteiger partial charge in [-0.3, -0.25) is 9.59 Å². The van der Waals surface area contributed by atoms with Crippen molar-refractivity contribution in [3.8, 4) is 0 Å². The Kier molecular flexibility index (Phi) is 8.66. The van der Waals surface area contributed by atoms with Crippen LogP contribution in [0.5, 0.6) is 0 Å². The Labute approximate surface area is 211 Å². The van der Waals surface area contributed by atoms with E-state index < -0.39 is 0 Å². The molecule has 0 radical (unpaired) electrons. The highest BCUT2D eigenvalue weighted by Gasteiger charge is 2.19. The number of thiophene rings is 1.